The minimum Gasteiger partial charge on any atom is -0.493 e. The van der Waals surface area contributed by atoms with E-state index in [4.69, 9.17) is 9.47 Å². The number of anilines is 1. The Morgan fingerprint density at radius 2 is 1.90 bits per heavy atom. The number of carbonyl (C=O) groups is 2. The number of nitriles is 1. The first-order valence-electron chi connectivity index (χ1n) is 9.01. The Bertz CT molecular complexity index is 994. The molecule has 0 aliphatic carbocycles. The molecule has 1 N–H and O–H groups in total. The highest BCUT2D eigenvalue weighted by Crippen LogP contribution is 2.37. The lowest BCUT2D eigenvalue weighted by atomic mass is 10.1. The molecule has 0 spiro atoms. The Labute approximate surface area is 183 Å². The van der Waals surface area contributed by atoms with Crippen molar-refractivity contribution < 1.29 is 23.8 Å². The molecule has 0 bridgehead atoms. The normalized spacial score (nSPS) is 10.7. The van der Waals surface area contributed by atoms with Gasteiger partial charge in [0.1, 0.15) is 11.6 Å². The van der Waals surface area contributed by atoms with E-state index in [1.807, 2.05) is 25.1 Å². The van der Waals surface area contributed by atoms with Crippen molar-refractivity contribution in [2.24, 2.45) is 0 Å². The summed E-state index contributed by atoms with van der Waals surface area (Å²) in [5.41, 5.74) is 2.21. The van der Waals surface area contributed by atoms with E-state index < -0.39 is 11.9 Å². The maximum absolute atomic E-state index is 12.5. The van der Waals surface area contributed by atoms with Crippen molar-refractivity contribution in [1.82, 2.24) is 0 Å². The van der Waals surface area contributed by atoms with Gasteiger partial charge < -0.3 is 19.5 Å². The molecule has 0 atom stereocenters. The third kappa shape index (κ3) is 6.09. The number of aryl methyl sites for hydroxylation is 1. The van der Waals surface area contributed by atoms with E-state index in [9.17, 15) is 14.9 Å². The molecule has 7 nitrogen and oxygen atoms in total. The number of esters is 1. The summed E-state index contributed by atoms with van der Waals surface area (Å²) in [6.07, 6.45) is 2.33. The molecule has 0 unspecified atom stereocenters. The maximum Gasteiger partial charge on any atom is 0.343 e. The van der Waals surface area contributed by atoms with Gasteiger partial charge in [0.05, 0.1) is 18.7 Å². The highest BCUT2D eigenvalue weighted by atomic mass is 79.9. The summed E-state index contributed by atoms with van der Waals surface area (Å²) in [4.78, 5) is 23.8. The van der Waals surface area contributed by atoms with Crippen LogP contribution in [0.25, 0.3) is 6.08 Å². The molecule has 0 heterocycles. The van der Waals surface area contributed by atoms with Crippen molar-refractivity contribution in [3.05, 3.63) is 57.6 Å². The minimum absolute atomic E-state index is 0.0771. The van der Waals surface area contributed by atoms with Gasteiger partial charge in [-0.15, -0.1) is 0 Å². The van der Waals surface area contributed by atoms with Crippen LogP contribution in [0.4, 0.5) is 5.69 Å². The number of halogens is 1. The van der Waals surface area contributed by atoms with Crippen molar-refractivity contribution in [2.45, 2.75) is 13.3 Å². The molecule has 0 fully saturated rings. The van der Waals surface area contributed by atoms with Crippen LogP contribution in [0, 0.1) is 11.3 Å². The summed E-state index contributed by atoms with van der Waals surface area (Å²) in [5.74, 6) is -0.433. The zero-order valence-corrected chi connectivity index (χ0v) is 18.4. The third-order valence-electron chi connectivity index (χ3n) is 4.11. The number of nitrogens with one attached hydrogen (secondary N) is 1. The van der Waals surface area contributed by atoms with Gasteiger partial charge in [-0.05, 0) is 63.8 Å². The van der Waals surface area contributed by atoms with Gasteiger partial charge in [-0.2, -0.15) is 5.26 Å². The largest absolute Gasteiger partial charge is 0.493 e. The van der Waals surface area contributed by atoms with Gasteiger partial charge in [-0.3, -0.25) is 4.79 Å². The van der Waals surface area contributed by atoms with Gasteiger partial charge in [0.25, 0.3) is 5.91 Å². The average molecular weight is 473 g/mol. The minimum atomic E-state index is -0.539. The zero-order valence-electron chi connectivity index (χ0n) is 16.8. The van der Waals surface area contributed by atoms with E-state index in [1.54, 1.807) is 24.3 Å². The number of benzene rings is 2. The standard InChI is InChI=1S/C22H21BrN2O5/c1-4-14-5-7-17(8-6-14)25-22(27)16(12-24)9-15-10-18(23)21(19(11-15)28-2)30-13-20(26)29-3/h5-11H,4,13H2,1-3H3,(H,25,27)/b16-9+. The van der Waals surface area contributed by atoms with Crippen LogP contribution in [-0.2, 0) is 20.7 Å². The van der Waals surface area contributed by atoms with Crippen LogP contribution in [0.2, 0.25) is 0 Å². The number of ether oxygens (including phenoxy) is 3. The molecule has 0 aliphatic rings. The highest BCUT2D eigenvalue weighted by Gasteiger charge is 2.15. The number of carbonyl (C=O) groups excluding carboxylic acids is 2. The lowest BCUT2D eigenvalue weighted by Crippen LogP contribution is -2.14. The lowest BCUT2D eigenvalue weighted by molar-refractivity contribution is -0.142. The number of nitrogens with zero attached hydrogens (tertiary/aromatic N) is 1. The van der Waals surface area contributed by atoms with Crippen LogP contribution in [0.3, 0.4) is 0 Å². The summed E-state index contributed by atoms with van der Waals surface area (Å²) in [6.45, 7) is 1.76. The summed E-state index contributed by atoms with van der Waals surface area (Å²) in [7, 11) is 2.70. The molecular weight excluding hydrogens is 452 g/mol. The Morgan fingerprint density at radius 1 is 1.20 bits per heavy atom. The van der Waals surface area contributed by atoms with E-state index in [-0.39, 0.29) is 12.2 Å². The van der Waals surface area contributed by atoms with Crippen LogP contribution in [0.15, 0.2) is 46.4 Å². The second-order valence-electron chi connectivity index (χ2n) is 6.07. The SMILES string of the molecule is CCc1ccc(NC(=O)/C(C#N)=C/c2cc(Br)c(OCC(=O)OC)c(OC)c2)cc1. The van der Waals surface area contributed by atoms with Gasteiger partial charge >= 0.3 is 5.97 Å². The number of hydrogen-bond donors (Lipinski definition) is 1. The number of hydrogen-bond acceptors (Lipinski definition) is 6. The molecule has 8 heteroatoms. The summed E-state index contributed by atoms with van der Waals surface area (Å²) in [5, 5.41) is 12.2. The first-order valence-corrected chi connectivity index (χ1v) is 9.80. The van der Waals surface area contributed by atoms with Gasteiger partial charge in [0.15, 0.2) is 18.1 Å². The molecular formula is C22H21BrN2O5. The van der Waals surface area contributed by atoms with E-state index >= 15 is 0 Å². The summed E-state index contributed by atoms with van der Waals surface area (Å²) < 4.78 is 15.8. The van der Waals surface area contributed by atoms with E-state index in [0.717, 1.165) is 12.0 Å². The van der Waals surface area contributed by atoms with E-state index in [0.29, 0.717) is 27.2 Å². The molecule has 0 saturated heterocycles. The smallest absolute Gasteiger partial charge is 0.343 e. The average Bonchev–Trinajstić information content (AvgIpc) is 2.76. The van der Waals surface area contributed by atoms with Crippen LogP contribution in [0.1, 0.15) is 18.1 Å². The van der Waals surface area contributed by atoms with Gasteiger partial charge in [0, 0.05) is 5.69 Å². The number of amides is 1. The maximum atomic E-state index is 12.5. The van der Waals surface area contributed by atoms with Gasteiger partial charge in [-0.25, -0.2) is 4.79 Å². The Balaban J connectivity index is 2.25. The molecule has 1 amide bonds. The second-order valence-corrected chi connectivity index (χ2v) is 6.93. The van der Waals surface area contributed by atoms with Gasteiger partial charge in [0.2, 0.25) is 0 Å². The van der Waals surface area contributed by atoms with Crippen molar-refractivity contribution in [2.75, 3.05) is 26.1 Å². The monoisotopic (exact) mass is 472 g/mol. The van der Waals surface area contributed by atoms with Crippen LogP contribution in [0.5, 0.6) is 11.5 Å². The Morgan fingerprint density at radius 3 is 2.47 bits per heavy atom. The van der Waals surface area contributed by atoms with E-state index in [2.05, 4.69) is 26.0 Å². The molecule has 156 valence electrons. The number of rotatable bonds is 8. The molecule has 0 aromatic heterocycles. The third-order valence-corrected chi connectivity index (χ3v) is 4.70. The fourth-order valence-corrected chi connectivity index (χ4v) is 3.06. The molecule has 2 aromatic rings. The Kier molecular flexibility index (Phi) is 8.44. The second kappa shape index (κ2) is 11.0. The van der Waals surface area contributed by atoms with Crippen LogP contribution < -0.4 is 14.8 Å². The number of methoxy groups -OCH3 is 2. The topological polar surface area (TPSA) is 97.7 Å². The van der Waals surface area contributed by atoms with Crippen molar-refractivity contribution in [3.8, 4) is 17.6 Å². The van der Waals surface area contributed by atoms with Gasteiger partial charge in [-0.1, -0.05) is 19.1 Å². The lowest BCUT2D eigenvalue weighted by Gasteiger charge is -2.13. The molecule has 0 saturated carbocycles. The molecule has 0 radical (unpaired) electrons. The Hall–Kier alpha value is -3.31. The first kappa shape index (κ1) is 23.0. The molecule has 2 aromatic carbocycles. The van der Waals surface area contributed by atoms with E-state index in [1.165, 1.54) is 20.3 Å². The predicted octanol–water partition coefficient (Wildman–Crippen LogP) is 4.12. The zero-order chi connectivity index (χ0) is 22.1. The predicted molar refractivity (Wildman–Crippen MR) is 116 cm³/mol. The van der Waals surface area contributed by atoms with Crippen molar-refractivity contribution in [1.29, 1.82) is 5.26 Å². The fraction of sp³-hybridized carbons (Fsp3) is 0.227. The molecule has 2 rings (SSSR count). The molecule has 0 aliphatic heterocycles. The van der Waals surface area contributed by atoms with Crippen LogP contribution in [-0.4, -0.2) is 32.7 Å². The van der Waals surface area contributed by atoms with Crippen molar-refractivity contribution >= 4 is 39.6 Å². The fourth-order valence-electron chi connectivity index (χ4n) is 2.49. The quantitative estimate of drug-likeness (QED) is 0.352. The summed E-state index contributed by atoms with van der Waals surface area (Å²) >= 11 is 3.36. The summed E-state index contributed by atoms with van der Waals surface area (Å²) in [6, 6.07) is 12.6. The molecule has 30 heavy (non-hydrogen) atoms. The highest BCUT2D eigenvalue weighted by molar-refractivity contribution is 9.10. The van der Waals surface area contributed by atoms with Crippen LogP contribution >= 0.6 is 15.9 Å². The van der Waals surface area contributed by atoms with Crippen molar-refractivity contribution in [3.63, 3.8) is 0 Å². The first-order chi connectivity index (χ1) is 14.4.